The Morgan fingerprint density at radius 2 is 1.80 bits per heavy atom. The molecule has 0 atom stereocenters. The predicted octanol–water partition coefficient (Wildman–Crippen LogP) is 4.38. The fourth-order valence-corrected chi connectivity index (χ4v) is 4.21. The summed E-state index contributed by atoms with van der Waals surface area (Å²) in [5.74, 6) is 0.532. The molecule has 0 aliphatic rings. The molecule has 7 heteroatoms. The van der Waals surface area contributed by atoms with Crippen LogP contribution in [-0.4, -0.2) is 22.6 Å². The zero-order chi connectivity index (χ0) is 21.3. The summed E-state index contributed by atoms with van der Waals surface area (Å²) in [7, 11) is 1.60. The quantitative estimate of drug-likeness (QED) is 0.521. The average Bonchev–Trinajstić information content (AvgIpc) is 3.05. The van der Waals surface area contributed by atoms with Crippen LogP contribution in [0.4, 0.5) is 5.69 Å². The number of fused-ring (bicyclic) bond motifs is 1. The number of nitrogens with one attached hydrogen (secondary N) is 1. The summed E-state index contributed by atoms with van der Waals surface area (Å²) < 4.78 is 6.72. The van der Waals surface area contributed by atoms with Gasteiger partial charge >= 0.3 is 0 Å². The summed E-state index contributed by atoms with van der Waals surface area (Å²) in [6.07, 6.45) is 1.59. The van der Waals surface area contributed by atoms with E-state index in [1.165, 1.54) is 11.3 Å². The highest BCUT2D eigenvalue weighted by Crippen LogP contribution is 2.25. The Balaban J connectivity index is 1.50. The van der Waals surface area contributed by atoms with E-state index < -0.39 is 0 Å². The Labute approximate surface area is 177 Å². The van der Waals surface area contributed by atoms with E-state index in [1.807, 2.05) is 26.0 Å². The van der Waals surface area contributed by atoms with Gasteiger partial charge < -0.3 is 10.1 Å². The molecule has 0 fully saturated rings. The molecule has 2 aromatic carbocycles. The molecular weight excluding hydrogens is 398 g/mol. The maximum Gasteiger partial charge on any atom is 0.262 e. The van der Waals surface area contributed by atoms with Crippen molar-refractivity contribution in [2.45, 2.75) is 20.4 Å². The highest BCUT2D eigenvalue weighted by Gasteiger charge is 2.12. The number of rotatable bonds is 5. The molecule has 0 unspecified atom stereocenters. The van der Waals surface area contributed by atoms with Crippen molar-refractivity contribution in [3.63, 3.8) is 0 Å². The van der Waals surface area contributed by atoms with Crippen molar-refractivity contribution in [2.75, 3.05) is 12.4 Å². The minimum Gasteiger partial charge on any atom is -0.497 e. The van der Waals surface area contributed by atoms with Crippen molar-refractivity contribution in [3.8, 4) is 5.75 Å². The molecule has 1 amide bonds. The molecule has 0 radical (unpaired) electrons. The van der Waals surface area contributed by atoms with E-state index in [4.69, 9.17) is 4.74 Å². The zero-order valence-corrected chi connectivity index (χ0v) is 17.7. The number of thiophene rings is 1. The lowest BCUT2D eigenvalue weighted by atomic mass is 10.1. The van der Waals surface area contributed by atoms with E-state index in [2.05, 4.69) is 10.3 Å². The van der Waals surface area contributed by atoms with Gasteiger partial charge in [-0.1, -0.05) is 12.1 Å². The van der Waals surface area contributed by atoms with Crippen LogP contribution in [0.5, 0.6) is 5.75 Å². The van der Waals surface area contributed by atoms with Crippen molar-refractivity contribution in [1.82, 2.24) is 9.55 Å². The van der Waals surface area contributed by atoms with Crippen molar-refractivity contribution < 1.29 is 9.53 Å². The van der Waals surface area contributed by atoms with Gasteiger partial charge in [0, 0.05) is 16.1 Å². The Bertz CT molecular complexity index is 1270. The molecule has 152 valence electrons. The molecule has 0 aliphatic carbocycles. The molecule has 6 nitrogen and oxygen atoms in total. The molecule has 4 aromatic rings. The number of hydrogen-bond donors (Lipinski definition) is 1. The number of aryl methyl sites for hydroxylation is 2. The van der Waals surface area contributed by atoms with Gasteiger partial charge in [0.15, 0.2) is 0 Å². The SMILES string of the molecule is COc1ccc(NC(=O)c2ccc(Cn3cnc4sc(C)c(C)c4c3=O)cc2)cc1. The maximum absolute atomic E-state index is 12.8. The number of benzene rings is 2. The van der Waals surface area contributed by atoms with Crippen LogP contribution < -0.4 is 15.6 Å². The smallest absolute Gasteiger partial charge is 0.262 e. The van der Waals surface area contributed by atoms with Crippen molar-refractivity contribution in [2.24, 2.45) is 0 Å². The van der Waals surface area contributed by atoms with Crippen LogP contribution >= 0.6 is 11.3 Å². The summed E-state index contributed by atoms with van der Waals surface area (Å²) in [6.45, 7) is 4.36. The van der Waals surface area contributed by atoms with Crippen LogP contribution in [0.25, 0.3) is 10.2 Å². The van der Waals surface area contributed by atoms with Crippen LogP contribution in [-0.2, 0) is 6.54 Å². The third-order valence-corrected chi connectivity index (χ3v) is 6.19. The van der Waals surface area contributed by atoms with E-state index in [-0.39, 0.29) is 11.5 Å². The van der Waals surface area contributed by atoms with E-state index in [0.29, 0.717) is 23.2 Å². The molecule has 1 N–H and O–H groups in total. The number of carbonyl (C=O) groups is 1. The summed E-state index contributed by atoms with van der Waals surface area (Å²) >= 11 is 1.54. The summed E-state index contributed by atoms with van der Waals surface area (Å²) in [4.78, 5) is 31.6. The molecule has 0 saturated carbocycles. The first-order chi connectivity index (χ1) is 14.5. The lowest BCUT2D eigenvalue weighted by molar-refractivity contribution is 0.102. The number of hydrogen-bond acceptors (Lipinski definition) is 5. The van der Waals surface area contributed by atoms with E-state index >= 15 is 0 Å². The molecule has 4 rings (SSSR count). The fraction of sp³-hybridized carbons (Fsp3) is 0.174. The summed E-state index contributed by atoms with van der Waals surface area (Å²) in [5.41, 5.74) is 3.11. The number of anilines is 1. The Morgan fingerprint density at radius 1 is 1.10 bits per heavy atom. The molecule has 2 aromatic heterocycles. The van der Waals surface area contributed by atoms with Crippen LogP contribution in [0.1, 0.15) is 26.4 Å². The molecule has 0 bridgehead atoms. The minimum absolute atomic E-state index is 0.0387. The first-order valence-corrected chi connectivity index (χ1v) is 10.3. The largest absolute Gasteiger partial charge is 0.497 e. The van der Waals surface area contributed by atoms with Crippen LogP contribution in [0.2, 0.25) is 0 Å². The lowest BCUT2D eigenvalue weighted by Crippen LogP contribution is -2.21. The second kappa shape index (κ2) is 8.12. The number of aromatic nitrogens is 2. The highest BCUT2D eigenvalue weighted by atomic mass is 32.1. The minimum atomic E-state index is -0.198. The third-order valence-electron chi connectivity index (χ3n) is 5.07. The molecule has 2 heterocycles. The van der Waals surface area contributed by atoms with E-state index in [0.717, 1.165) is 26.6 Å². The van der Waals surface area contributed by atoms with Crippen molar-refractivity contribution >= 4 is 33.1 Å². The first-order valence-electron chi connectivity index (χ1n) is 9.45. The molecule has 30 heavy (non-hydrogen) atoms. The Kier molecular flexibility index (Phi) is 5.37. The second-order valence-electron chi connectivity index (χ2n) is 7.02. The average molecular weight is 420 g/mol. The van der Waals surface area contributed by atoms with Crippen molar-refractivity contribution in [3.05, 3.63) is 86.8 Å². The zero-order valence-electron chi connectivity index (χ0n) is 16.9. The van der Waals surface area contributed by atoms with E-state index in [9.17, 15) is 9.59 Å². The van der Waals surface area contributed by atoms with Gasteiger partial charge in [-0.2, -0.15) is 0 Å². The topological polar surface area (TPSA) is 73.2 Å². The van der Waals surface area contributed by atoms with Gasteiger partial charge in [0.1, 0.15) is 10.6 Å². The molecule has 0 saturated heterocycles. The molecule has 0 spiro atoms. The van der Waals surface area contributed by atoms with Crippen LogP contribution in [0, 0.1) is 13.8 Å². The number of nitrogens with zero attached hydrogens (tertiary/aromatic N) is 2. The number of carbonyl (C=O) groups excluding carboxylic acids is 1. The third kappa shape index (κ3) is 3.84. The predicted molar refractivity (Wildman–Crippen MR) is 120 cm³/mol. The maximum atomic E-state index is 12.8. The molecule has 0 aliphatic heterocycles. The number of ether oxygens (including phenoxy) is 1. The van der Waals surface area contributed by atoms with Gasteiger partial charge in [-0.15, -0.1) is 11.3 Å². The number of amides is 1. The van der Waals surface area contributed by atoms with Gasteiger partial charge in [0.05, 0.1) is 25.4 Å². The summed E-state index contributed by atoms with van der Waals surface area (Å²) in [6, 6.07) is 14.4. The van der Waals surface area contributed by atoms with E-state index in [1.54, 1.807) is 54.4 Å². The van der Waals surface area contributed by atoms with Crippen LogP contribution in [0.3, 0.4) is 0 Å². The van der Waals surface area contributed by atoms with Gasteiger partial charge in [-0.3, -0.25) is 14.2 Å². The Hall–Kier alpha value is -3.45. The van der Waals surface area contributed by atoms with Gasteiger partial charge in [-0.05, 0) is 61.4 Å². The normalized spacial score (nSPS) is 10.9. The Morgan fingerprint density at radius 3 is 2.47 bits per heavy atom. The van der Waals surface area contributed by atoms with Gasteiger partial charge in [-0.25, -0.2) is 4.98 Å². The van der Waals surface area contributed by atoms with Gasteiger partial charge in [0.25, 0.3) is 11.5 Å². The fourth-order valence-electron chi connectivity index (χ4n) is 3.22. The van der Waals surface area contributed by atoms with Crippen LogP contribution in [0.15, 0.2) is 59.7 Å². The lowest BCUT2D eigenvalue weighted by Gasteiger charge is -2.08. The van der Waals surface area contributed by atoms with Crippen molar-refractivity contribution in [1.29, 1.82) is 0 Å². The second-order valence-corrected chi connectivity index (χ2v) is 8.22. The summed E-state index contributed by atoms with van der Waals surface area (Å²) in [5, 5.41) is 3.55. The number of methoxy groups -OCH3 is 1. The standard InChI is InChI=1S/C23H21N3O3S/c1-14-15(2)30-22-20(14)23(28)26(13-24-22)12-16-4-6-17(7-5-16)21(27)25-18-8-10-19(29-3)11-9-18/h4-11,13H,12H2,1-3H3,(H,25,27). The molecular formula is C23H21N3O3S. The first kappa shape index (κ1) is 19.8. The monoisotopic (exact) mass is 419 g/mol. The highest BCUT2D eigenvalue weighted by molar-refractivity contribution is 7.18. The van der Waals surface area contributed by atoms with Gasteiger partial charge in [0.2, 0.25) is 0 Å².